The summed E-state index contributed by atoms with van der Waals surface area (Å²) in [5.41, 5.74) is 3.64. The average molecular weight is 351 g/mol. The minimum atomic E-state index is -0.505. The van der Waals surface area contributed by atoms with Crippen LogP contribution in [0.2, 0.25) is 0 Å². The molecule has 1 aliphatic rings. The molecule has 1 saturated heterocycles. The van der Waals surface area contributed by atoms with Gasteiger partial charge in [0.25, 0.3) is 0 Å². The van der Waals surface area contributed by atoms with Gasteiger partial charge >= 0.3 is 6.09 Å². The predicted molar refractivity (Wildman–Crippen MR) is 101 cm³/mol. The fourth-order valence-electron chi connectivity index (χ4n) is 3.28. The number of hydrogen-bond donors (Lipinski definition) is 0. The summed E-state index contributed by atoms with van der Waals surface area (Å²) in [6, 6.07) is 18.2. The molecule has 0 bridgehead atoms. The van der Waals surface area contributed by atoms with Crippen molar-refractivity contribution in [2.75, 3.05) is 6.61 Å². The maximum atomic E-state index is 12.5. The Morgan fingerprint density at radius 2 is 1.77 bits per heavy atom. The van der Waals surface area contributed by atoms with Crippen LogP contribution in [0.3, 0.4) is 0 Å². The van der Waals surface area contributed by atoms with Crippen molar-refractivity contribution in [1.82, 2.24) is 4.90 Å². The first kappa shape index (κ1) is 18.2. The van der Waals surface area contributed by atoms with Crippen molar-refractivity contribution in [2.45, 2.75) is 45.1 Å². The zero-order valence-corrected chi connectivity index (χ0v) is 15.2. The molecule has 2 amide bonds. The van der Waals surface area contributed by atoms with E-state index in [1.165, 1.54) is 16.0 Å². The lowest BCUT2D eigenvalue weighted by molar-refractivity contribution is -0.129. The highest BCUT2D eigenvalue weighted by Crippen LogP contribution is 2.19. The zero-order valence-electron chi connectivity index (χ0n) is 15.2. The molecule has 0 spiro atoms. The van der Waals surface area contributed by atoms with Crippen molar-refractivity contribution in [3.8, 4) is 0 Å². The Balaban J connectivity index is 1.48. The molecule has 3 rings (SSSR count). The largest absolute Gasteiger partial charge is 0.447 e. The standard InChI is InChI=1S/C22H25NO3/c1-17-11-13-18(14-12-17)7-5-6-10-21(24)23-20(16-26-22(23)25)15-19-8-3-2-4-9-19/h2-4,8-9,11-14,20H,5-7,10,15-16H2,1H3. The number of ether oxygens (including phenoxy) is 1. The molecule has 0 aliphatic carbocycles. The summed E-state index contributed by atoms with van der Waals surface area (Å²) in [5.74, 6) is -0.127. The minimum Gasteiger partial charge on any atom is -0.447 e. The van der Waals surface area contributed by atoms with Crippen molar-refractivity contribution >= 4 is 12.0 Å². The van der Waals surface area contributed by atoms with Crippen LogP contribution in [0.4, 0.5) is 4.79 Å². The van der Waals surface area contributed by atoms with Crippen molar-refractivity contribution in [3.63, 3.8) is 0 Å². The lowest BCUT2D eigenvalue weighted by atomic mass is 10.0. The first-order chi connectivity index (χ1) is 12.6. The average Bonchev–Trinajstić information content (AvgIpc) is 3.01. The van der Waals surface area contributed by atoms with Crippen LogP contribution in [0.25, 0.3) is 0 Å². The maximum absolute atomic E-state index is 12.5. The fourth-order valence-corrected chi connectivity index (χ4v) is 3.28. The number of rotatable bonds is 7. The van der Waals surface area contributed by atoms with E-state index in [-0.39, 0.29) is 18.6 Å². The van der Waals surface area contributed by atoms with Gasteiger partial charge in [-0.1, -0.05) is 60.2 Å². The Labute approximate surface area is 154 Å². The molecule has 1 heterocycles. The first-order valence-corrected chi connectivity index (χ1v) is 9.22. The second-order valence-corrected chi connectivity index (χ2v) is 6.88. The monoisotopic (exact) mass is 351 g/mol. The molecule has 1 unspecified atom stereocenters. The van der Waals surface area contributed by atoms with Crippen molar-refractivity contribution < 1.29 is 14.3 Å². The number of cyclic esters (lactones) is 1. The summed E-state index contributed by atoms with van der Waals surface area (Å²) in [6.07, 6.45) is 3.17. The van der Waals surface area contributed by atoms with Gasteiger partial charge in [0.05, 0.1) is 6.04 Å². The third-order valence-electron chi connectivity index (χ3n) is 4.77. The quantitative estimate of drug-likeness (QED) is 0.699. The predicted octanol–water partition coefficient (Wildman–Crippen LogP) is 4.30. The highest BCUT2D eigenvalue weighted by molar-refractivity contribution is 5.93. The maximum Gasteiger partial charge on any atom is 0.416 e. The van der Waals surface area contributed by atoms with Crippen molar-refractivity contribution in [3.05, 3.63) is 71.3 Å². The van der Waals surface area contributed by atoms with Crippen LogP contribution in [0.15, 0.2) is 54.6 Å². The Morgan fingerprint density at radius 3 is 2.50 bits per heavy atom. The van der Waals surface area contributed by atoms with Crippen molar-refractivity contribution in [2.24, 2.45) is 0 Å². The summed E-state index contributed by atoms with van der Waals surface area (Å²) in [7, 11) is 0. The molecule has 0 N–H and O–H groups in total. The molecule has 136 valence electrons. The molecule has 4 heteroatoms. The fraction of sp³-hybridized carbons (Fsp3) is 0.364. The first-order valence-electron chi connectivity index (χ1n) is 9.22. The van der Waals surface area contributed by atoms with Crippen LogP contribution < -0.4 is 0 Å². The third kappa shape index (κ3) is 4.72. The molecule has 2 aromatic rings. The van der Waals surface area contributed by atoms with Gasteiger partial charge in [0.2, 0.25) is 5.91 Å². The van der Waals surface area contributed by atoms with Gasteiger partial charge in [-0.2, -0.15) is 0 Å². The number of benzene rings is 2. The second-order valence-electron chi connectivity index (χ2n) is 6.88. The Kier molecular flexibility index (Phi) is 6.05. The van der Waals surface area contributed by atoms with Gasteiger partial charge in [-0.05, 0) is 43.7 Å². The number of imide groups is 1. The highest BCUT2D eigenvalue weighted by atomic mass is 16.6. The van der Waals surface area contributed by atoms with Gasteiger partial charge in [-0.15, -0.1) is 0 Å². The van der Waals surface area contributed by atoms with E-state index in [0.717, 1.165) is 24.8 Å². The molecule has 1 atom stereocenters. The lowest BCUT2D eigenvalue weighted by Gasteiger charge is -2.19. The summed E-state index contributed by atoms with van der Waals surface area (Å²) < 4.78 is 5.12. The Hall–Kier alpha value is -2.62. The Bertz CT molecular complexity index is 740. The van der Waals surface area contributed by atoms with E-state index in [1.54, 1.807) is 0 Å². The zero-order chi connectivity index (χ0) is 18.4. The number of aryl methyl sites for hydroxylation is 2. The van der Waals surface area contributed by atoms with Gasteiger partial charge < -0.3 is 4.74 Å². The number of amides is 2. The third-order valence-corrected chi connectivity index (χ3v) is 4.77. The summed E-state index contributed by atoms with van der Waals surface area (Å²) in [6.45, 7) is 2.35. The molecule has 26 heavy (non-hydrogen) atoms. The number of carbonyl (C=O) groups excluding carboxylic acids is 2. The van der Waals surface area contributed by atoms with E-state index >= 15 is 0 Å². The molecule has 4 nitrogen and oxygen atoms in total. The topological polar surface area (TPSA) is 46.6 Å². The van der Waals surface area contributed by atoms with Crippen LogP contribution in [-0.2, 0) is 22.4 Å². The van der Waals surface area contributed by atoms with Gasteiger partial charge in [-0.3, -0.25) is 4.79 Å². The number of nitrogens with zero attached hydrogens (tertiary/aromatic N) is 1. The number of unbranched alkanes of at least 4 members (excludes halogenated alkanes) is 1. The van der Waals surface area contributed by atoms with Gasteiger partial charge in [-0.25, -0.2) is 9.69 Å². The van der Waals surface area contributed by atoms with E-state index in [0.29, 0.717) is 12.8 Å². The number of hydrogen-bond acceptors (Lipinski definition) is 3. The van der Waals surface area contributed by atoms with Gasteiger partial charge in [0.15, 0.2) is 0 Å². The minimum absolute atomic E-state index is 0.127. The summed E-state index contributed by atoms with van der Waals surface area (Å²) in [5, 5.41) is 0. The molecule has 0 aromatic heterocycles. The van der Waals surface area contributed by atoms with E-state index < -0.39 is 6.09 Å². The Morgan fingerprint density at radius 1 is 1.04 bits per heavy atom. The van der Waals surface area contributed by atoms with Crippen LogP contribution >= 0.6 is 0 Å². The molecule has 1 aliphatic heterocycles. The van der Waals surface area contributed by atoms with Crippen LogP contribution in [-0.4, -0.2) is 29.5 Å². The molecule has 1 fully saturated rings. The molecule has 0 saturated carbocycles. The van der Waals surface area contributed by atoms with Crippen LogP contribution in [0.1, 0.15) is 36.0 Å². The summed E-state index contributed by atoms with van der Waals surface area (Å²) >= 11 is 0. The van der Waals surface area contributed by atoms with Crippen molar-refractivity contribution in [1.29, 1.82) is 0 Å². The van der Waals surface area contributed by atoms with E-state index in [1.807, 2.05) is 30.3 Å². The molecule has 0 radical (unpaired) electrons. The van der Waals surface area contributed by atoms with E-state index in [9.17, 15) is 9.59 Å². The van der Waals surface area contributed by atoms with Gasteiger partial charge in [0, 0.05) is 6.42 Å². The molecular weight excluding hydrogens is 326 g/mol. The second kappa shape index (κ2) is 8.65. The SMILES string of the molecule is Cc1ccc(CCCCC(=O)N2C(=O)OCC2Cc2ccccc2)cc1. The highest BCUT2D eigenvalue weighted by Gasteiger charge is 2.37. The normalized spacial score (nSPS) is 16.6. The van der Waals surface area contributed by atoms with E-state index in [2.05, 4.69) is 31.2 Å². The summed E-state index contributed by atoms with van der Waals surface area (Å²) in [4.78, 5) is 25.8. The van der Waals surface area contributed by atoms with Gasteiger partial charge in [0.1, 0.15) is 6.61 Å². The lowest BCUT2D eigenvalue weighted by Crippen LogP contribution is -2.40. The smallest absolute Gasteiger partial charge is 0.416 e. The molecule has 2 aromatic carbocycles. The van der Waals surface area contributed by atoms with Crippen LogP contribution in [0.5, 0.6) is 0 Å². The van der Waals surface area contributed by atoms with Crippen LogP contribution in [0, 0.1) is 6.92 Å². The number of carbonyl (C=O) groups is 2. The molecular formula is C22H25NO3. The van der Waals surface area contributed by atoms with E-state index in [4.69, 9.17) is 4.74 Å².